The minimum absolute atomic E-state index is 0. The van der Waals surface area contributed by atoms with Crippen molar-refractivity contribution < 1.29 is 9.53 Å². The number of fused-ring (bicyclic) bond motifs is 2. The number of rotatable bonds is 6. The average Bonchev–Trinajstić information content (AvgIpc) is 3.25. The van der Waals surface area contributed by atoms with Gasteiger partial charge in [0, 0.05) is 27.1 Å². The molecule has 0 saturated carbocycles. The lowest BCUT2D eigenvalue weighted by atomic mass is 10.1. The molecule has 3 aromatic heterocycles. The topological polar surface area (TPSA) is 95.9 Å². The average molecular weight is 398 g/mol. The highest BCUT2D eigenvalue weighted by Gasteiger charge is 2.18. The van der Waals surface area contributed by atoms with Crippen LogP contribution in [0.25, 0.3) is 32.6 Å². The number of carbonyl (C=O) groups excluding carboxylic acids is 1. The number of aromatic nitrogens is 4. The first-order valence-corrected chi connectivity index (χ1v) is 9.55. The molecule has 0 aliphatic rings. The Balaban J connectivity index is 0.00000225. The number of imidazole rings is 1. The van der Waals surface area contributed by atoms with Crippen LogP contribution >= 0.6 is 11.3 Å². The van der Waals surface area contributed by atoms with Crippen LogP contribution in [0, 0.1) is 0 Å². The van der Waals surface area contributed by atoms with Crippen LogP contribution in [0.3, 0.4) is 0 Å². The molecule has 28 heavy (non-hydrogen) atoms. The number of benzene rings is 1. The van der Waals surface area contributed by atoms with Gasteiger partial charge in [0.25, 0.3) is 0 Å². The minimum atomic E-state index is -0.419. The lowest BCUT2D eigenvalue weighted by molar-refractivity contribution is -0.118. The van der Waals surface area contributed by atoms with Crippen LogP contribution in [0.15, 0.2) is 36.0 Å². The molecule has 0 bridgehead atoms. The van der Waals surface area contributed by atoms with Gasteiger partial charge in [0.1, 0.15) is 0 Å². The van der Waals surface area contributed by atoms with Crippen molar-refractivity contribution in [1.82, 2.24) is 19.5 Å². The second-order valence-corrected chi connectivity index (χ2v) is 7.39. The summed E-state index contributed by atoms with van der Waals surface area (Å²) >= 11 is 1.65. The van der Waals surface area contributed by atoms with Crippen LogP contribution in [0.2, 0.25) is 0 Å². The quantitative estimate of drug-likeness (QED) is 0.526. The van der Waals surface area contributed by atoms with Gasteiger partial charge in [-0.1, -0.05) is 25.6 Å². The second-order valence-electron chi connectivity index (χ2n) is 6.48. The molecule has 7 nitrogen and oxygen atoms in total. The smallest absolute Gasteiger partial charge is 0.246 e. The maximum Gasteiger partial charge on any atom is 0.246 e. The van der Waals surface area contributed by atoms with Gasteiger partial charge < -0.3 is 15.0 Å². The molecule has 0 aliphatic carbocycles. The van der Waals surface area contributed by atoms with Crippen LogP contribution in [0.1, 0.15) is 33.7 Å². The third kappa shape index (κ3) is 3.55. The zero-order chi connectivity index (χ0) is 19.0. The maximum atomic E-state index is 11.0. The van der Waals surface area contributed by atoms with Gasteiger partial charge in [-0.25, -0.2) is 9.97 Å². The zero-order valence-corrected chi connectivity index (χ0v) is 15.9. The predicted octanol–water partition coefficient (Wildman–Crippen LogP) is 4.18. The van der Waals surface area contributed by atoms with Crippen molar-refractivity contribution in [3.63, 3.8) is 0 Å². The van der Waals surface area contributed by atoms with E-state index in [1.165, 1.54) is 4.70 Å². The third-order valence-corrected chi connectivity index (χ3v) is 5.22. The Morgan fingerprint density at radius 1 is 1.29 bits per heavy atom. The van der Waals surface area contributed by atoms with E-state index in [4.69, 9.17) is 15.5 Å². The summed E-state index contributed by atoms with van der Waals surface area (Å²) in [4.78, 5) is 24.8. The lowest BCUT2D eigenvalue weighted by Crippen LogP contribution is -2.15. The van der Waals surface area contributed by atoms with Crippen LogP contribution in [0.5, 0.6) is 5.88 Å². The highest BCUT2D eigenvalue weighted by molar-refractivity contribution is 7.17. The fourth-order valence-electron chi connectivity index (χ4n) is 2.89. The summed E-state index contributed by atoms with van der Waals surface area (Å²) in [5, 5.41) is 3.15. The van der Waals surface area contributed by atoms with Crippen molar-refractivity contribution in [1.29, 1.82) is 0 Å². The molecule has 4 aromatic rings. The maximum absolute atomic E-state index is 11.0. The van der Waals surface area contributed by atoms with Gasteiger partial charge in [0.2, 0.25) is 11.8 Å². The number of hydrogen-bond acceptors (Lipinski definition) is 6. The van der Waals surface area contributed by atoms with Crippen molar-refractivity contribution in [3.8, 4) is 17.3 Å². The summed E-state index contributed by atoms with van der Waals surface area (Å²) < 4.78 is 8.90. The van der Waals surface area contributed by atoms with Gasteiger partial charge in [0.15, 0.2) is 17.0 Å². The number of nitrogens with two attached hydrogens (primary N) is 1. The van der Waals surface area contributed by atoms with Gasteiger partial charge in [-0.05, 0) is 19.9 Å². The number of carbonyl (C=O) groups is 1. The van der Waals surface area contributed by atoms with E-state index in [-0.39, 0.29) is 26.5 Å². The Labute approximate surface area is 167 Å². The molecule has 0 atom stereocenters. The molecule has 1 amide bonds. The summed E-state index contributed by atoms with van der Waals surface area (Å²) in [5.41, 5.74) is 7.45. The Hall–Kier alpha value is -3.00. The van der Waals surface area contributed by atoms with Gasteiger partial charge in [-0.15, -0.1) is 11.3 Å². The predicted molar refractivity (Wildman–Crippen MR) is 113 cm³/mol. The molecule has 146 valence electrons. The fourth-order valence-corrected chi connectivity index (χ4v) is 3.83. The molecule has 0 aliphatic heterocycles. The molecule has 2 N–H and O–H groups in total. The van der Waals surface area contributed by atoms with E-state index in [1.807, 2.05) is 16.7 Å². The Kier molecular flexibility index (Phi) is 5.60. The molecule has 8 heteroatoms. The summed E-state index contributed by atoms with van der Waals surface area (Å²) in [6.45, 7) is 4.28. The van der Waals surface area contributed by atoms with Gasteiger partial charge in [0.05, 0.1) is 19.4 Å². The normalized spacial score (nSPS) is 11.1. The zero-order valence-electron chi connectivity index (χ0n) is 15.0. The van der Waals surface area contributed by atoms with Gasteiger partial charge in [-0.3, -0.25) is 4.79 Å². The van der Waals surface area contributed by atoms with E-state index >= 15 is 0 Å². The molecular formula is C20H23N5O2S. The molecule has 3 heterocycles. The molecule has 0 spiro atoms. The number of thiophene rings is 1. The molecule has 0 radical (unpaired) electrons. The van der Waals surface area contributed by atoms with Crippen LogP contribution < -0.4 is 10.5 Å². The Morgan fingerprint density at radius 2 is 2.07 bits per heavy atom. The summed E-state index contributed by atoms with van der Waals surface area (Å²) in [7, 11) is 0. The largest absolute Gasteiger partial charge is 0.475 e. The van der Waals surface area contributed by atoms with Crippen molar-refractivity contribution in [2.75, 3.05) is 6.61 Å². The van der Waals surface area contributed by atoms with E-state index in [9.17, 15) is 4.79 Å². The van der Waals surface area contributed by atoms with Crippen molar-refractivity contribution >= 4 is 38.5 Å². The van der Waals surface area contributed by atoms with Crippen LogP contribution in [0.4, 0.5) is 0 Å². The molecule has 1 aromatic carbocycles. The standard InChI is InChI=1S/C19H19N5O2S.CH4/c1-11(2)24-10-21-16-18(24)22-17(23-19(16)26-8-7-15(20)25)13-9-27-14-6-4-3-5-12(13)14;/h3-6,9-11H,7-8H2,1-2H3,(H2,20,25);1H4. The van der Waals surface area contributed by atoms with E-state index in [1.54, 1.807) is 17.7 Å². The molecule has 0 unspecified atom stereocenters. The van der Waals surface area contributed by atoms with Crippen LogP contribution in [-0.2, 0) is 4.79 Å². The highest BCUT2D eigenvalue weighted by atomic mass is 32.1. The molecular weight excluding hydrogens is 374 g/mol. The second kappa shape index (κ2) is 7.93. The van der Waals surface area contributed by atoms with Crippen molar-refractivity contribution in [2.45, 2.75) is 33.7 Å². The first-order valence-electron chi connectivity index (χ1n) is 8.67. The molecule has 4 rings (SSSR count). The highest BCUT2D eigenvalue weighted by Crippen LogP contribution is 2.34. The van der Waals surface area contributed by atoms with E-state index in [0.717, 1.165) is 10.9 Å². The first-order chi connectivity index (χ1) is 13.0. The number of hydrogen-bond donors (Lipinski definition) is 1. The lowest BCUT2D eigenvalue weighted by Gasteiger charge is -2.10. The monoisotopic (exact) mass is 397 g/mol. The summed E-state index contributed by atoms with van der Waals surface area (Å²) in [6.07, 6.45) is 1.85. The van der Waals surface area contributed by atoms with Gasteiger partial charge >= 0.3 is 0 Å². The Morgan fingerprint density at radius 3 is 2.82 bits per heavy atom. The van der Waals surface area contributed by atoms with Crippen molar-refractivity contribution in [2.24, 2.45) is 5.73 Å². The van der Waals surface area contributed by atoms with E-state index in [2.05, 4.69) is 41.3 Å². The minimum Gasteiger partial charge on any atom is -0.475 e. The van der Waals surface area contributed by atoms with E-state index < -0.39 is 5.91 Å². The fraction of sp³-hybridized carbons (Fsp3) is 0.300. The summed E-state index contributed by atoms with van der Waals surface area (Å²) in [5.74, 6) is 0.527. The van der Waals surface area contributed by atoms with Crippen molar-refractivity contribution in [3.05, 3.63) is 36.0 Å². The number of amides is 1. The number of nitrogens with zero attached hydrogens (tertiary/aromatic N) is 4. The Bertz CT molecular complexity index is 1130. The number of ether oxygens (including phenoxy) is 1. The SMILES string of the molecule is C.CC(C)n1cnc2c(OCCC(N)=O)nc(-c3csc4ccccc34)nc21. The summed E-state index contributed by atoms with van der Waals surface area (Å²) in [6, 6.07) is 8.33. The van der Waals surface area contributed by atoms with Gasteiger partial charge in [-0.2, -0.15) is 4.98 Å². The third-order valence-electron chi connectivity index (χ3n) is 4.25. The molecule has 0 fully saturated rings. The number of primary amides is 1. The first kappa shape index (κ1) is 19.8. The molecule has 0 saturated heterocycles. The van der Waals surface area contributed by atoms with E-state index in [0.29, 0.717) is 22.9 Å². The van der Waals surface area contributed by atoms with Crippen LogP contribution in [-0.4, -0.2) is 32.0 Å².